The number of aliphatic hydroxyl groups is 1. The molecule has 0 saturated heterocycles. The highest BCUT2D eigenvalue weighted by molar-refractivity contribution is 5.91. The number of aliphatic hydroxyl groups excluding tert-OH is 1. The molecular weight excluding hydrogens is 416 g/mol. The Bertz CT molecular complexity index is 899. The van der Waals surface area contributed by atoms with Gasteiger partial charge in [0.1, 0.15) is 12.3 Å². The zero-order valence-corrected chi connectivity index (χ0v) is 18.4. The lowest BCUT2D eigenvalue weighted by Crippen LogP contribution is -2.51. The van der Waals surface area contributed by atoms with Crippen LogP contribution in [0.5, 0.6) is 0 Å². The summed E-state index contributed by atoms with van der Waals surface area (Å²) in [5, 5.41) is 27.4. The van der Waals surface area contributed by atoms with Gasteiger partial charge in [0, 0.05) is 7.05 Å². The van der Waals surface area contributed by atoms with E-state index in [-0.39, 0.29) is 17.5 Å². The number of aromatic nitrogens is 1. The van der Waals surface area contributed by atoms with E-state index in [1.54, 1.807) is 0 Å². The molecule has 1 heterocycles. The van der Waals surface area contributed by atoms with E-state index < -0.39 is 36.1 Å². The zero-order valence-electron chi connectivity index (χ0n) is 18.4. The summed E-state index contributed by atoms with van der Waals surface area (Å²) in [5.41, 5.74) is 1.000. The van der Waals surface area contributed by atoms with Gasteiger partial charge in [0.2, 0.25) is 11.8 Å². The van der Waals surface area contributed by atoms with Crippen molar-refractivity contribution in [3.63, 3.8) is 0 Å². The first-order valence-corrected chi connectivity index (χ1v) is 10.4. The van der Waals surface area contributed by atoms with E-state index in [9.17, 15) is 19.5 Å². The van der Waals surface area contributed by atoms with Crippen molar-refractivity contribution in [3.8, 4) is 0 Å². The normalized spacial score (nSPS) is 13.8. The van der Waals surface area contributed by atoms with Crippen LogP contribution in [0.1, 0.15) is 54.7 Å². The lowest BCUT2D eigenvalue weighted by atomic mass is 9.99. The summed E-state index contributed by atoms with van der Waals surface area (Å²) in [5.74, 6) is -1.09. The van der Waals surface area contributed by atoms with Gasteiger partial charge in [-0.15, -0.1) is 0 Å². The molecule has 1 aromatic heterocycles. The molecule has 3 amide bonds. The molecule has 0 bridgehead atoms. The summed E-state index contributed by atoms with van der Waals surface area (Å²) < 4.78 is 5.27. The van der Waals surface area contributed by atoms with Gasteiger partial charge in [-0.3, -0.25) is 9.59 Å². The summed E-state index contributed by atoms with van der Waals surface area (Å²) >= 11 is 0. The maximum atomic E-state index is 12.9. The number of aryl methyl sites for hydroxylation is 1. The molecule has 0 spiro atoms. The predicted molar refractivity (Wildman–Crippen MR) is 116 cm³/mol. The molecule has 3 atom stereocenters. The van der Waals surface area contributed by atoms with E-state index in [4.69, 9.17) is 9.52 Å². The Morgan fingerprint density at radius 2 is 1.81 bits per heavy atom. The van der Waals surface area contributed by atoms with Crippen molar-refractivity contribution in [1.29, 1.82) is 0 Å². The number of carbonyl (C=O) groups is 3. The Morgan fingerprint density at radius 3 is 2.41 bits per heavy atom. The van der Waals surface area contributed by atoms with Crippen LogP contribution in [0.15, 0.2) is 41.0 Å². The second kappa shape index (κ2) is 11.8. The standard InChI is InChI=1S/C22H30N4O6/c1-13(2)11-16(26-22(30)31)20(29)24-15(10-9-14-7-5-4-6-8-14)18(27)21-25-17(12-32-21)19(28)23-3/h4-8,12-13,15-16,18,26-27H,9-11H2,1-3H3,(H,23,28)(H,24,29)(H,30,31). The van der Waals surface area contributed by atoms with Crippen LogP contribution in [0.25, 0.3) is 0 Å². The molecule has 2 rings (SSSR count). The minimum absolute atomic E-state index is 0.0000796. The third kappa shape index (κ3) is 7.38. The van der Waals surface area contributed by atoms with Crippen molar-refractivity contribution in [1.82, 2.24) is 20.9 Å². The van der Waals surface area contributed by atoms with Gasteiger partial charge in [0.25, 0.3) is 5.91 Å². The van der Waals surface area contributed by atoms with Gasteiger partial charge in [-0.2, -0.15) is 0 Å². The molecule has 1 aromatic carbocycles. The number of nitrogens with zero attached hydrogens (tertiary/aromatic N) is 1. The topological polar surface area (TPSA) is 154 Å². The van der Waals surface area contributed by atoms with Crippen LogP contribution in [0, 0.1) is 5.92 Å². The van der Waals surface area contributed by atoms with Crippen LogP contribution in [0.4, 0.5) is 4.79 Å². The first-order chi connectivity index (χ1) is 15.2. The molecule has 32 heavy (non-hydrogen) atoms. The van der Waals surface area contributed by atoms with Crippen molar-refractivity contribution in [2.45, 2.75) is 51.3 Å². The third-order valence-corrected chi connectivity index (χ3v) is 4.85. The monoisotopic (exact) mass is 446 g/mol. The van der Waals surface area contributed by atoms with Gasteiger partial charge in [0.15, 0.2) is 11.8 Å². The van der Waals surface area contributed by atoms with Crippen molar-refractivity contribution < 1.29 is 29.0 Å². The van der Waals surface area contributed by atoms with Gasteiger partial charge < -0.3 is 30.6 Å². The van der Waals surface area contributed by atoms with Gasteiger partial charge in [-0.1, -0.05) is 44.2 Å². The molecular formula is C22H30N4O6. The fourth-order valence-corrected chi connectivity index (χ4v) is 3.24. The van der Waals surface area contributed by atoms with E-state index in [1.807, 2.05) is 44.2 Å². The van der Waals surface area contributed by atoms with Crippen molar-refractivity contribution >= 4 is 17.9 Å². The molecule has 0 aliphatic heterocycles. The number of carbonyl (C=O) groups excluding carboxylic acids is 2. The van der Waals surface area contributed by atoms with Crippen molar-refractivity contribution in [2.75, 3.05) is 7.05 Å². The van der Waals surface area contributed by atoms with E-state index in [2.05, 4.69) is 20.9 Å². The summed E-state index contributed by atoms with van der Waals surface area (Å²) in [6, 6.07) is 7.70. The average Bonchev–Trinajstić information content (AvgIpc) is 3.25. The second-order valence-corrected chi connectivity index (χ2v) is 7.87. The van der Waals surface area contributed by atoms with E-state index >= 15 is 0 Å². The Hall–Kier alpha value is -3.40. The van der Waals surface area contributed by atoms with Crippen LogP contribution in [-0.2, 0) is 11.2 Å². The number of amides is 3. The summed E-state index contributed by atoms with van der Waals surface area (Å²) in [6.07, 6.45) is -0.371. The molecule has 0 aliphatic rings. The van der Waals surface area contributed by atoms with Crippen molar-refractivity contribution in [3.05, 3.63) is 53.7 Å². The molecule has 0 saturated carbocycles. The molecule has 10 heteroatoms. The lowest BCUT2D eigenvalue weighted by molar-refractivity contribution is -0.125. The highest BCUT2D eigenvalue weighted by atomic mass is 16.4. The molecule has 0 aliphatic carbocycles. The van der Waals surface area contributed by atoms with Gasteiger partial charge in [-0.05, 0) is 30.7 Å². The minimum atomic E-state index is -1.34. The lowest BCUT2D eigenvalue weighted by Gasteiger charge is -2.26. The van der Waals surface area contributed by atoms with Crippen LogP contribution < -0.4 is 16.0 Å². The molecule has 0 radical (unpaired) electrons. The van der Waals surface area contributed by atoms with Crippen LogP contribution in [0.3, 0.4) is 0 Å². The molecule has 0 fully saturated rings. The van der Waals surface area contributed by atoms with E-state index in [1.165, 1.54) is 7.05 Å². The maximum Gasteiger partial charge on any atom is 0.405 e. The number of rotatable bonds is 11. The number of carboxylic acid groups (broad SMARTS) is 1. The predicted octanol–water partition coefficient (Wildman–Crippen LogP) is 1.87. The molecule has 174 valence electrons. The van der Waals surface area contributed by atoms with Crippen LogP contribution in [-0.4, -0.2) is 52.2 Å². The average molecular weight is 447 g/mol. The molecule has 5 N–H and O–H groups in total. The molecule has 10 nitrogen and oxygen atoms in total. The number of hydrogen-bond acceptors (Lipinski definition) is 6. The summed E-state index contributed by atoms with van der Waals surface area (Å²) in [6.45, 7) is 3.75. The van der Waals surface area contributed by atoms with E-state index in [0.717, 1.165) is 11.8 Å². The smallest absolute Gasteiger partial charge is 0.405 e. The third-order valence-electron chi connectivity index (χ3n) is 4.85. The van der Waals surface area contributed by atoms with Crippen molar-refractivity contribution in [2.24, 2.45) is 5.92 Å². The van der Waals surface area contributed by atoms with Crippen LogP contribution in [0.2, 0.25) is 0 Å². The van der Waals surface area contributed by atoms with Gasteiger partial charge in [0.05, 0.1) is 6.04 Å². The molecule has 2 aromatic rings. The zero-order chi connectivity index (χ0) is 23.7. The Labute approximate surface area is 186 Å². The Balaban J connectivity index is 2.22. The summed E-state index contributed by atoms with van der Waals surface area (Å²) in [7, 11) is 1.44. The highest BCUT2D eigenvalue weighted by Gasteiger charge is 2.31. The fourth-order valence-electron chi connectivity index (χ4n) is 3.24. The number of oxazole rings is 1. The minimum Gasteiger partial charge on any atom is -0.465 e. The first-order valence-electron chi connectivity index (χ1n) is 10.4. The Morgan fingerprint density at radius 1 is 1.12 bits per heavy atom. The maximum absolute atomic E-state index is 12.9. The highest BCUT2D eigenvalue weighted by Crippen LogP contribution is 2.21. The van der Waals surface area contributed by atoms with Gasteiger partial charge in [-0.25, -0.2) is 9.78 Å². The second-order valence-electron chi connectivity index (χ2n) is 7.87. The first kappa shape index (κ1) is 24.9. The van der Waals surface area contributed by atoms with E-state index in [0.29, 0.717) is 19.3 Å². The fraction of sp³-hybridized carbons (Fsp3) is 0.455. The number of nitrogens with one attached hydrogen (secondary N) is 3. The summed E-state index contributed by atoms with van der Waals surface area (Å²) in [4.78, 5) is 39.8. The number of hydrogen-bond donors (Lipinski definition) is 5. The SMILES string of the molecule is CNC(=O)c1coc(C(O)C(CCc2ccccc2)NC(=O)C(CC(C)C)NC(=O)O)n1. The largest absolute Gasteiger partial charge is 0.465 e. The quantitative estimate of drug-likeness (QED) is 0.353. The van der Waals surface area contributed by atoms with Gasteiger partial charge >= 0.3 is 6.09 Å². The van der Waals surface area contributed by atoms with Crippen LogP contribution >= 0.6 is 0 Å². The number of benzene rings is 1. The molecule has 3 unspecified atom stereocenters. The Kier molecular flexibility index (Phi) is 9.21.